The number of carbonyl (C=O) groups is 1. The highest BCUT2D eigenvalue weighted by Gasteiger charge is 2.38. The Balaban J connectivity index is 2.21. The maximum absolute atomic E-state index is 11.3. The fraction of sp³-hybridized carbons (Fsp3) is 0.727. The summed E-state index contributed by atoms with van der Waals surface area (Å²) in [6.07, 6.45) is 3.87. The van der Waals surface area contributed by atoms with E-state index >= 15 is 0 Å². The Morgan fingerprint density at radius 2 is 2.41 bits per heavy atom. The van der Waals surface area contributed by atoms with Crippen LogP contribution in [-0.4, -0.2) is 23.1 Å². The number of nitrogens with one attached hydrogen (secondary N) is 1. The molecule has 6 nitrogen and oxygen atoms in total. The Morgan fingerprint density at radius 1 is 1.65 bits per heavy atom. The highest BCUT2D eigenvalue weighted by molar-refractivity contribution is 5.89. The second-order valence-corrected chi connectivity index (χ2v) is 4.86. The van der Waals surface area contributed by atoms with Crippen LogP contribution >= 0.6 is 0 Å². The molecule has 0 radical (unpaired) electrons. The van der Waals surface area contributed by atoms with Crippen molar-refractivity contribution < 1.29 is 9.32 Å². The average Bonchev–Trinajstić information content (AvgIpc) is 2.77. The van der Waals surface area contributed by atoms with Gasteiger partial charge < -0.3 is 15.6 Å². The van der Waals surface area contributed by atoms with Crippen LogP contribution in [0.4, 0.5) is 0 Å². The highest BCUT2D eigenvalue weighted by atomic mass is 16.5. The zero-order chi connectivity index (χ0) is 12.5. The fourth-order valence-electron chi connectivity index (χ4n) is 2.42. The van der Waals surface area contributed by atoms with Crippen molar-refractivity contribution in [2.75, 3.05) is 7.05 Å². The molecule has 1 aliphatic rings. The standard InChI is InChI=1S/C11H18N4O2/c1-7-4-3-5-11(12,6-7)10-14-8(15-17-10)9(16)13-2/h7H,3-6,12H2,1-2H3,(H,13,16). The smallest absolute Gasteiger partial charge is 0.292 e. The molecule has 1 saturated carbocycles. The van der Waals surface area contributed by atoms with Crippen LogP contribution in [0, 0.1) is 5.92 Å². The van der Waals surface area contributed by atoms with Gasteiger partial charge in [-0.1, -0.05) is 24.9 Å². The number of hydrogen-bond acceptors (Lipinski definition) is 5. The molecule has 94 valence electrons. The summed E-state index contributed by atoms with van der Waals surface area (Å²) in [5.74, 6) is 0.616. The molecule has 3 N–H and O–H groups in total. The highest BCUT2D eigenvalue weighted by Crippen LogP contribution is 2.36. The van der Waals surface area contributed by atoms with Crippen molar-refractivity contribution >= 4 is 5.91 Å². The van der Waals surface area contributed by atoms with Gasteiger partial charge in [0.1, 0.15) is 0 Å². The van der Waals surface area contributed by atoms with Crippen molar-refractivity contribution in [2.45, 2.75) is 38.1 Å². The maximum Gasteiger partial charge on any atom is 0.292 e. The van der Waals surface area contributed by atoms with E-state index in [0.29, 0.717) is 11.8 Å². The second-order valence-electron chi connectivity index (χ2n) is 4.86. The van der Waals surface area contributed by atoms with Crippen LogP contribution in [0.2, 0.25) is 0 Å². The van der Waals surface area contributed by atoms with Gasteiger partial charge in [-0.3, -0.25) is 4.79 Å². The van der Waals surface area contributed by atoms with Gasteiger partial charge in [-0.15, -0.1) is 0 Å². The topological polar surface area (TPSA) is 94.0 Å². The minimum absolute atomic E-state index is 0.0468. The molecule has 6 heteroatoms. The van der Waals surface area contributed by atoms with Crippen LogP contribution in [-0.2, 0) is 5.54 Å². The Morgan fingerprint density at radius 3 is 3.06 bits per heavy atom. The molecule has 0 aliphatic heterocycles. The molecule has 1 aromatic rings. The SMILES string of the molecule is CNC(=O)c1noc(C2(N)CCCC(C)C2)n1. The van der Waals surface area contributed by atoms with Gasteiger partial charge in [0.2, 0.25) is 5.89 Å². The molecule has 2 rings (SSSR count). The van der Waals surface area contributed by atoms with Gasteiger partial charge in [0.25, 0.3) is 11.7 Å². The molecular formula is C11H18N4O2. The molecule has 0 bridgehead atoms. The van der Waals surface area contributed by atoms with Crippen LogP contribution in [0.25, 0.3) is 0 Å². The third-order valence-electron chi connectivity index (χ3n) is 3.31. The lowest BCUT2D eigenvalue weighted by molar-refractivity contribution is 0.0949. The largest absolute Gasteiger partial charge is 0.352 e. The minimum atomic E-state index is -0.572. The number of hydrogen-bond donors (Lipinski definition) is 2. The second kappa shape index (κ2) is 4.44. The van der Waals surface area contributed by atoms with Crippen molar-refractivity contribution in [3.63, 3.8) is 0 Å². The summed E-state index contributed by atoms with van der Waals surface area (Å²) >= 11 is 0. The fourth-order valence-corrected chi connectivity index (χ4v) is 2.42. The van der Waals surface area contributed by atoms with E-state index in [1.54, 1.807) is 0 Å². The van der Waals surface area contributed by atoms with Crippen LogP contribution in [0.5, 0.6) is 0 Å². The molecule has 1 aromatic heterocycles. The number of nitrogens with zero attached hydrogens (tertiary/aromatic N) is 2. The molecule has 2 atom stereocenters. The monoisotopic (exact) mass is 238 g/mol. The van der Waals surface area contributed by atoms with Gasteiger partial charge in [-0.05, 0) is 18.8 Å². The number of amides is 1. The van der Waals surface area contributed by atoms with Crippen molar-refractivity contribution in [2.24, 2.45) is 11.7 Å². The molecule has 1 amide bonds. The van der Waals surface area contributed by atoms with E-state index < -0.39 is 5.54 Å². The summed E-state index contributed by atoms with van der Waals surface area (Å²) in [5.41, 5.74) is 5.73. The van der Waals surface area contributed by atoms with E-state index in [4.69, 9.17) is 10.3 Å². The molecule has 1 heterocycles. The molecule has 17 heavy (non-hydrogen) atoms. The quantitative estimate of drug-likeness (QED) is 0.794. The average molecular weight is 238 g/mol. The minimum Gasteiger partial charge on any atom is -0.352 e. The van der Waals surface area contributed by atoms with Crippen molar-refractivity contribution in [1.82, 2.24) is 15.5 Å². The third kappa shape index (κ3) is 2.31. The van der Waals surface area contributed by atoms with E-state index in [-0.39, 0.29) is 11.7 Å². The van der Waals surface area contributed by atoms with Gasteiger partial charge in [-0.2, -0.15) is 4.98 Å². The number of nitrogens with two attached hydrogens (primary N) is 1. The molecule has 1 aliphatic carbocycles. The first-order chi connectivity index (χ1) is 8.05. The van der Waals surface area contributed by atoms with E-state index in [9.17, 15) is 4.79 Å². The van der Waals surface area contributed by atoms with Crippen molar-refractivity contribution in [1.29, 1.82) is 0 Å². The summed E-state index contributed by atoms with van der Waals surface area (Å²) in [6, 6.07) is 0. The predicted octanol–water partition coefficient (Wildman–Crippen LogP) is 0.793. The molecule has 0 spiro atoms. The van der Waals surface area contributed by atoms with Crippen LogP contribution in [0.1, 0.15) is 49.1 Å². The number of aromatic nitrogens is 2. The zero-order valence-corrected chi connectivity index (χ0v) is 10.2. The molecular weight excluding hydrogens is 220 g/mol. The number of carbonyl (C=O) groups excluding carboxylic acids is 1. The van der Waals surface area contributed by atoms with Crippen LogP contribution < -0.4 is 11.1 Å². The normalized spacial score (nSPS) is 29.0. The number of rotatable bonds is 2. The van der Waals surface area contributed by atoms with E-state index in [0.717, 1.165) is 19.3 Å². The molecule has 2 unspecified atom stereocenters. The lowest BCUT2D eigenvalue weighted by Crippen LogP contribution is -2.41. The van der Waals surface area contributed by atoms with E-state index in [2.05, 4.69) is 22.4 Å². The van der Waals surface area contributed by atoms with Crippen LogP contribution in [0.3, 0.4) is 0 Å². The predicted molar refractivity (Wildman–Crippen MR) is 61.2 cm³/mol. The molecule has 1 fully saturated rings. The molecule has 0 aromatic carbocycles. The Labute approximate surface area is 99.9 Å². The summed E-state index contributed by atoms with van der Waals surface area (Å²) in [5, 5.41) is 6.11. The first kappa shape index (κ1) is 12.0. The van der Waals surface area contributed by atoms with Gasteiger partial charge in [-0.25, -0.2) is 0 Å². The molecule has 0 saturated heterocycles. The zero-order valence-electron chi connectivity index (χ0n) is 10.2. The Kier molecular flexibility index (Phi) is 3.15. The van der Waals surface area contributed by atoms with Crippen molar-refractivity contribution in [3.05, 3.63) is 11.7 Å². The lowest BCUT2D eigenvalue weighted by atomic mass is 9.77. The maximum atomic E-state index is 11.3. The van der Waals surface area contributed by atoms with Crippen molar-refractivity contribution in [3.8, 4) is 0 Å². The third-order valence-corrected chi connectivity index (χ3v) is 3.31. The van der Waals surface area contributed by atoms with Gasteiger partial charge >= 0.3 is 0 Å². The first-order valence-electron chi connectivity index (χ1n) is 5.90. The lowest BCUT2D eigenvalue weighted by Gasteiger charge is -2.33. The summed E-state index contributed by atoms with van der Waals surface area (Å²) in [6.45, 7) is 2.16. The summed E-state index contributed by atoms with van der Waals surface area (Å²) in [7, 11) is 1.53. The first-order valence-corrected chi connectivity index (χ1v) is 5.90. The summed E-state index contributed by atoms with van der Waals surface area (Å²) in [4.78, 5) is 15.4. The van der Waals surface area contributed by atoms with Gasteiger partial charge in [0.05, 0.1) is 5.54 Å². The van der Waals surface area contributed by atoms with E-state index in [1.165, 1.54) is 13.5 Å². The van der Waals surface area contributed by atoms with E-state index in [1.807, 2.05) is 0 Å². The van der Waals surface area contributed by atoms with Gasteiger partial charge in [0, 0.05) is 7.05 Å². The Bertz CT molecular complexity index is 417. The van der Waals surface area contributed by atoms with Crippen LogP contribution in [0.15, 0.2) is 4.52 Å². The summed E-state index contributed by atoms with van der Waals surface area (Å²) < 4.78 is 5.13. The Hall–Kier alpha value is -1.43. The van der Waals surface area contributed by atoms with Gasteiger partial charge in [0.15, 0.2) is 0 Å².